The van der Waals surface area contributed by atoms with Crippen LogP contribution >= 0.6 is 0 Å². The second-order valence-electron chi connectivity index (χ2n) is 5.13. The fourth-order valence-corrected chi connectivity index (χ4v) is 3.32. The molecule has 4 atom stereocenters. The van der Waals surface area contributed by atoms with Crippen LogP contribution in [0.4, 0.5) is 0 Å². The van der Waals surface area contributed by atoms with Crippen molar-refractivity contribution < 1.29 is 9.47 Å². The number of hydrogen-bond donors (Lipinski definition) is 0. The highest BCUT2D eigenvalue weighted by molar-refractivity contribution is 4.86. The molecule has 2 heteroatoms. The fourth-order valence-electron chi connectivity index (χ4n) is 3.32. The van der Waals surface area contributed by atoms with E-state index >= 15 is 0 Å². The van der Waals surface area contributed by atoms with E-state index in [1.807, 2.05) is 0 Å². The molecule has 1 aliphatic heterocycles. The predicted molar refractivity (Wildman–Crippen MR) is 53.9 cm³/mol. The maximum absolute atomic E-state index is 5.63. The summed E-state index contributed by atoms with van der Waals surface area (Å²) in [6.07, 6.45) is 10.5. The van der Waals surface area contributed by atoms with Crippen LogP contribution in [0.3, 0.4) is 0 Å². The molecular weight excluding hydrogens is 176 g/mol. The van der Waals surface area contributed by atoms with Crippen LogP contribution in [0.1, 0.15) is 44.9 Å². The first kappa shape index (κ1) is 9.17. The van der Waals surface area contributed by atoms with E-state index < -0.39 is 0 Å². The minimum atomic E-state index is 0.424. The van der Waals surface area contributed by atoms with Gasteiger partial charge in [-0.25, -0.2) is 0 Å². The van der Waals surface area contributed by atoms with E-state index in [4.69, 9.17) is 9.47 Å². The molecule has 0 spiro atoms. The van der Waals surface area contributed by atoms with Crippen LogP contribution in [0.5, 0.6) is 0 Å². The van der Waals surface area contributed by atoms with Crippen LogP contribution in [0, 0.1) is 11.8 Å². The van der Waals surface area contributed by atoms with Gasteiger partial charge in [-0.05, 0) is 43.9 Å². The van der Waals surface area contributed by atoms with E-state index in [0.717, 1.165) is 11.8 Å². The minimum Gasteiger partial charge on any atom is -0.349 e. The van der Waals surface area contributed by atoms with E-state index in [9.17, 15) is 0 Å². The Balaban J connectivity index is 1.63. The Kier molecular flexibility index (Phi) is 2.50. The highest BCUT2D eigenvalue weighted by atomic mass is 16.7. The highest BCUT2D eigenvalue weighted by Crippen LogP contribution is 2.43. The Morgan fingerprint density at radius 3 is 2.07 bits per heavy atom. The third-order valence-electron chi connectivity index (χ3n) is 4.44. The molecule has 80 valence electrons. The molecule has 4 unspecified atom stereocenters. The largest absolute Gasteiger partial charge is 0.349 e. The first-order chi connectivity index (χ1) is 6.93. The van der Waals surface area contributed by atoms with Crippen molar-refractivity contribution in [3.63, 3.8) is 0 Å². The van der Waals surface area contributed by atoms with Gasteiger partial charge in [0.15, 0.2) is 0 Å². The van der Waals surface area contributed by atoms with Crippen LogP contribution in [0.2, 0.25) is 0 Å². The van der Waals surface area contributed by atoms with Crippen molar-refractivity contribution in [1.29, 1.82) is 0 Å². The molecule has 1 heterocycles. The molecule has 0 N–H and O–H groups in total. The first-order valence-corrected chi connectivity index (χ1v) is 6.16. The van der Waals surface area contributed by atoms with E-state index in [1.165, 1.54) is 44.9 Å². The standard InChI is InChI=1S/C12H20O2/c1-2-9-4-5-10(9)6-7-12-11(3-1)13-8-14-12/h9-12H,1-8H2. The minimum absolute atomic E-state index is 0.424. The molecule has 2 saturated carbocycles. The lowest BCUT2D eigenvalue weighted by molar-refractivity contribution is 0.0303. The van der Waals surface area contributed by atoms with Crippen molar-refractivity contribution in [3.05, 3.63) is 0 Å². The van der Waals surface area contributed by atoms with Gasteiger partial charge in [-0.2, -0.15) is 0 Å². The molecular formula is C12H20O2. The van der Waals surface area contributed by atoms with Gasteiger partial charge in [0.1, 0.15) is 6.79 Å². The van der Waals surface area contributed by atoms with Crippen LogP contribution in [-0.2, 0) is 9.47 Å². The third-order valence-corrected chi connectivity index (χ3v) is 4.44. The molecule has 14 heavy (non-hydrogen) atoms. The number of ether oxygens (including phenoxy) is 2. The molecule has 0 aromatic carbocycles. The van der Waals surface area contributed by atoms with E-state index in [0.29, 0.717) is 19.0 Å². The lowest BCUT2D eigenvalue weighted by Crippen LogP contribution is -2.26. The van der Waals surface area contributed by atoms with Gasteiger partial charge in [-0.1, -0.05) is 12.8 Å². The van der Waals surface area contributed by atoms with Crippen LogP contribution < -0.4 is 0 Å². The molecule has 0 aromatic rings. The lowest BCUT2D eigenvalue weighted by Gasteiger charge is -2.36. The van der Waals surface area contributed by atoms with Crippen LogP contribution in [-0.4, -0.2) is 19.0 Å². The van der Waals surface area contributed by atoms with E-state index in [2.05, 4.69) is 0 Å². The smallest absolute Gasteiger partial charge is 0.147 e. The average molecular weight is 196 g/mol. The highest BCUT2D eigenvalue weighted by Gasteiger charge is 2.36. The summed E-state index contributed by atoms with van der Waals surface area (Å²) >= 11 is 0. The zero-order chi connectivity index (χ0) is 9.38. The quantitative estimate of drug-likeness (QED) is 0.593. The zero-order valence-electron chi connectivity index (χ0n) is 8.78. The average Bonchev–Trinajstić information content (AvgIpc) is 2.58. The van der Waals surface area contributed by atoms with Crippen molar-refractivity contribution in [2.24, 2.45) is 11.8 Å². The Labute approximate surface area is 86.0 Å². The van der Waals surface area contributed by atoms with Gasteiger partial charge in [0, 0.05) is 0 Å². The topological polar surface area (TPSA) is 18.5 Å². The molecule has 0 amide bonds. The van der Waals surface area contributed by atoms with Gasteiger partial charge >= 0.3 is 0 Å². The van der Waals surface area contributed by atoms with Gasteiger partial charge in [0.05, 0.1) is 12.2 Å². The normalized spacial score (nSPS) is 48.0. The molecule has 2 aliphatic carbocycles. The van der Waals surface area contributed by atoms with Crippen molar-refractivity contribution in [3.8, 4) is 0 Å². The first-order valence-electron chi connectivity index (χ1n) is 6.16. The lowest BCUT2D eigenvalue weighted by atomic mass is 9.69. The molecule has 1 saturated heterocycles. The van der Waals surface area contributed by atoms with Crippen molar-refractivity contribution in [2.75, 3.05) is 6.79 Å². The molecule has 3 fully saturated rings. The monoisotopic (exact) mass is 196 g/mol. The summed E-state index contributed by atoms with van der Waals surface area (Å²) in [5.74, 6) is 2.08. The zero-order valence-corrected chi connectivity index (χ0v) is 8.78. The summed E-state index contributed by atoms with van der Waals surface area (Å²) < 4.78 is 11.3. The summed E-state index contributed by atoms with van der Waals surface area (Å²) in [7, 11) is 0. The van der Waals surface area contributed by atoms with Gasteiger partial charge in [0.25, 0.3) is 0 Å². The van der Waals surface area contributed by atoms with Crippen molar-refractivity contribution >= 4 is 0 Å². The molecule has 0 radical (unpaired) electrons. The van der Waals surface area contributed by atoms with Crippen LogP contribution in [0.15, 0.2) is 0 Å². The van der Waals surface area contributed by atoms with E-state index in [1.54, 1.807) is 0 Å². The van der Waals surface area contributed by atoms with Crippen LogP contribution in [0.25, 0.3) is 0 Å². The maximum Gasteiger partial charge on any atom is 0.147 e. The number of hydrogen-bond acceptors (Lipinski definition) is 2. The van der Waals surface area contributed by atoms with Crippen molar-refractivity contribution in [1.82, 2.24) is 0 Å². The molecule has 3 rings (SSSR count). The fraction of sp³-hybridized carbons (Fsp3) is 1.00. The number of rotatable bonds is 0. The third kappa shape index (κ3) is 1.59. The molecule has 3 aliphatic rings. The summed E-state index contributed by atoms with van der Waals surface area (Å²) in [5, 5.41) is 0. The SMILES string of the molecule is C1CC2CCC2CCC2OCOC2C1. The van der Waals surface area contributed by atoms with E-state index in [-0.39, 0.29) is 0 Å². The van der Waals surface area contributed by atoms with Gasteiger partial charge in [-0.3, -0.25) is 0 Å². The Morgan fingerprint density at radius 2 is 1.29 bits per heavy atom. The van der Waals surface area contributed by atoms with Gasteiger partial charge in [0.2, 0.25) is 0 Å². The van der Waals surface area contributed by atoms with Crippen molar-refractivity contribution in [2.45, 2.75) is 57.2 Å². The Hall–Kier alpha value is -0.0800. The maximum atomic E-state index is 5.63. The molecule has 2 nitrogen and oxygen atoms in total. The summed E-state index contributed by atoms with van der Waals surface area (Å²) in [5.41, 5.74) is 0. The van der Waals surface area contributed by atoms with Gasteiger partial charge in [-0.15, -0.1) is 0 Å². The second-order valence-corrected chi connectivity index (χ2v) is 5.13. The second kappa shape index (κ2) is 3.82. The summed E-state index contributed by atoms with van der Waals surface area (Å²) in [6, 6.07) is 0. The summed E-state index contributed by atoms with van der Waals surface area (Å²) in [6.45, 7) is 0.545. The Morgan fingerprint density at radius 1 is 0.643 bits per heavy atom. The molecule has 0 aromatic heterocycles. The number of fused-ring (bicyclic) bond motifs is 2. The summed E-state index contributed by atoms with van der Waals surface area (Å²) in [4.78, 5) is 0. The predicted octanol–water partition coefficient (Wildman–Crippen LogP) is 2.72. The Bertz CT molecular complexity index is 204. The molecule has 0 bridgehead atoms. The van der Waals surface area contributed by atoms with Gasteiger partial charge < -0.3 is 9.47 Å².